The lowest BCUT2D eigenvalue weighted by Gasteiger charge is -2.09. The fourth-order valence-corrected chi connectivity index (χ4v) is 3.19. The van der Waals surface area contributed by atoms with Gasteiger partial charge in [-0.1, -0.05) is 12.1 Å². The molecule has 4 aromatic rings. The summed E-state index contributed by atoms with van der Waals surface area (Å²) in [5, 5.41) is 20.4. The van der Waals surface area contributed by atoms with E-state index in [4.69, 9.17) is 10.00 Å². The third-order valence-electron chi connectivity index (χ3n) is 3.64. The monoisotopic (exact) mass is 363 g/mol. The third kappa shape index (κ3) is 2.94. The van der Waals surface area contributed by atoms with Gasteiger partial charge in [0, 0.05) is 5.56 Å². The van der Waals surface area contributed by atoms with Crippen molar-refractivity contribution in [3.05, 3.63) is 65.3 Å². The molecule has 2 aromatic carbocycles. The lowest BCUT2D eigenvalue weighted by atomic mass is 10.2. The first-order valence-corrected chi connectivity index (χ1v) is 8.44. The Labute approximate surface area is 151 Å². The zero-order valence-electron chi connectivity index (χ0n) is 13.2. The number of nitrogens with zero attached hydrogens (tertiary/aromatic N) is 3. The van der Waals surface area contributed by atoms with Crippen molar-refractivity contribution in [3.63, 3.8) is 0 Å². The summed E-state index contributed by atoms with van der Waals surface area (Å²) in [5.41, 5.74) is 1.48. The summed E-state index contributed by atoms with van der Waals surface area (Å²) in [4.78, 5) is 8.87. The van der Waals surface area contributed by atoms with Crippen LogP contribution in [0.25, 0.3) is 21.6 Å². The van der Waals surface area contributed by atoms with E-state index in [9.17, 15) is 9.50 Å². The molecule has 1 N–H and O–H groups in total. The second-order valence-corrected chi connectivity index (χ2v) is 6.31. The van der Waals surface area contributed by atoms with Gasteiger partial charge in [-0.3, -0.25) is 0 Å². The molecule has 0 aliphatic rings. The average Bonchev–Trinajstić information content (AvgIpc) is 3.12. The van der Waals surface area contributed by atoms with Gasteiger partial charge < -0.3 is 9.84 Å². The van der Waals surface area contributed by atoms with Crippen LogP contribution < -0.4 is 4.74 Å². The molecule has 126 valence electrons. The standard InChI is InChI=1S/C19H10FN3O2S/c20-14-8-11(10-21)4-5-16(14)25-19-17-15(6-7-26-17)22-18(23-19)12-2-1-3-13(24)9-12/h1-9,24H. The van der Waals surface area contributed by atoms with Crippen LogP contribution in [-0.2, 0) is 0 Å². The first kappa shape index (κ1) is 16.0. The van der Waals surface area contributed by atoms with E-state index in [1.807, 2.05) is 17.5 Å². The highest BCUT2D eigenvalue weighted by molar-refractivity contribution is 7.17. The zero-order chi connectivity index (χ0) is 18.1. The van der Waals surface area contributed by atoms with E-state index >= 15 is 0 Å². The van der Waals surface area contributed by atoms with Gasteiger partial charge in [-0.05, 0) is 41.8 Å². The summed E-state index contributed by atoms with van der Waals surface area (Å²) in [6, 6.07) is 14.2. The van der Waals surface area contributed by atoms with Crippen molar-refractivity contribution in [1.82, 2.24) is 9.97 Å². The van der Waals surface area contributed by atoms with Crippen LogP contribution in [-0.4, -0.2) is 15.1 Å². The SMILES string of the molecule is N#Cc1ccc(Oc2nc(-c3cccc(O)c3)nc3ccsc23)c(F)c1. The largest absolute Gasteiger partial charge is 0.508 e. The van der Waals surface area contributed by atoms with Crippen LogP contribution in [0.1, 0.15) is 5.56 Å². The Morgan fingerprint density at radius 1 is 1.12 bits per heavy atom. The van der Waals surface area contributed by atoms with Gasteiger partial charge in [0.1, 0.15) is 10.4 Å². The predicted octanol–water partition coefficient (Wildman–Crippen LogP) is 4.87. The van der Waals surface area contributed by atoms with Crippen LogP contribution in [0.3, 0.4) is 0 Å². The van der Waals surface area contributed by atoms with Gasteiger partial charge >= 0.3 is 0 Å². The van der Waals surface area contributed by atoms with Gasteiger partial charge in [-0.2, -0.15) is 10.2 Å². The maximum Gasteiger partial charge on any atom is 0.241 e. The second kappa shape index (κ2) is 6.43. The lowest BCUT2D eigenvalue weighted by Crippen LogP contribution is -1.96. The Morgan fingerprint density at radius 2 is 2.00 bits per heavy atom. The van der Waals surface area contributed by atoms with Crippen molar-refractivity contribution in [2.24, 2.45) is 0 Å². The Balaban J connectivity index is 1.82. The number of hydrogen-bond acceptors (Lipinski definition) is 6. The number of ether oxygens (including phenoxy) is 1. The molecule has 0 unspecified atom stereocenters. The molecule has 0 atom stereocenters. The normalized spacial score (nSPS) is 10.6. The fourth-order valence-electron chi connectivity index (χ4n) is 2.44. The molecule has 26 heavy (non-hydrogen) atoms. The highest BCUT2D eigenvalue weighted by atomic mass is 32.1. The van der Waals surface area contributed by atoms with Crippen LogP contribution in [0.2, 0.25) is 0 Å². The number of hydrogen-bond donors (Lipinski definition) is 1. The summed E-state index contributed by atoms with van der Waals surface area (Å²) in [6.45, 7) is 0. The molecule has 0 saturated carbocycles. The number of aromatic nitrogens is 2. The molecular weight excluding hydrogens is 353 g/mol. The molecule has 0 aliphatic carbocycles. The van der Waals surface area contributed by atoms with Gasteiger partial charge in [0.15, 0.2) is 17.4 Å². The van der Waals surface area contributed by atoms with Crippen molar-refractivity contribution >= 4 is 21.6 Å². The van der Waals surface area contributed by atoms with E-state index in [1.54, 1.807) is 24.3 Å². The molecule has 0 bridgehead atoms. The number of nitriles is 1. The number of phenolic OH excluding ortho intramolecular Hbond substituents is 1. The Kier molecular flexibility index (Phi) is 3.95. The van der Waals surface area contributed by atoms with E-state index in [1.165, 1.54) is 23.5 Å². The van der Waals surface area contributed by atoms with E-state index in [0.29, 0.717) is 21.6 Å². The number of benzene rings is 2. The van der Waals surface area contributed by atoms with Crippen LogP contribution >= 0.6 is 11.3 Å². The third-order valence-corrected chi connectivity index (χ3v) is 4.54. The summed E-state index contributed by atoms with van der Waals surface area (Å²) >= 11 is 1.38. The smallest absolute Gasteiger partial charge is 0.241 e. The van der Waals surface area contributed by atoms with E-state index in [2.05, 4.69) is 9.97 Å². The summed E-state index contributed by atoms with van der Waals surface area (Å²) in [5.74, 6) is -0.00884. The lowest BCUT2D eigenvalue weighted by molar-refractivity contribution is 0.432. The summed E-state index contributed by atoms with van der Waals surface area (Å²) in [7, 11) is 0. The maximum absolute atomic E-state index is 14.2. The molecule has 2 aromatic heterocycles. The Bertz CT molecular complexity index is 1170. The molecule has 0 amide bonds. The Morgan fingerprint density at radius 3 is 2.77 bits per heavy atom. The molecule has 2 heterocycles. The highest BCUT2D eigenvalue weighted by Gasteiger charge is 2.15. The van der Waals surface area contributed by atoms with Crippen molar-refractivity contribution in [1.29, 1.82) is 5.26 Å². The molecule has 5 nitrogen and oxygen atoms in total. The number of thiophene rings is 1. The van der Waals surface area contributed by atoms with E-state index in [-0.39, 0.29) is 22.9 Å². The highest BCUT2D eigenvalue weighted by Crippen LogP contribution is 2.34. The van der Waals surface area contributed by atoms with E-state index < -0.39 is 5.82 Å². The van der Waals surface area contributed by atoms with Crippen LogP contribution in [0.15, 0.2) is 53.9 Å². The predicted molar refractivity (Wildman–Crippen MR) is 95.7 cm³/mol. The van der Waals surface area contributed by atoms with Gasteiger partial charge in [0.25, 0.3) is 0 Å². The number of rotatable bonds is 3. The fraction of sp³-hybridized carbons (Fsp3) is 0. The van der Waals surface area contributed by atoms with Gasteiger partial charge in [0.05, 0.1) is 17.1 Å². The summed E-state index contributed by atoms with van der Waals surface area (Å²) < 4.78 is 20.5. The topological polar surface area (TPSA) is 79.0 Å². The molecule has 0 radical (unpaired) electrons. The van der Waals surface area contributed by atoms with Crippen LogP contribution in [0, 0.1) is 17.1 Å². The molecule has 4 rings (SSSR count). The Hall–Kier alpha value is -3.50. The van der Waals surface area contributed by atoms with Crippen LogP contribution in [0.4, 0.5) is 4.39 Å². The number of fused-ring (bicyclic) bond motifs is 1. The quantitative estimate of drug-likeness (QED) is 0.562. The van der Waals surface area contributed by atoms with Crippen molar-refractivity contribution < 1.29 is 14.2 Å². The minimum Gasteiger partial charge on any atom is -0.508 e. The van der Waals surface area contributed by atoms with E-state index in [0.717, 1.165) is 6.07 Å². The van der Waals surface area contributed by atoms with Crippen molar-refractivity contribution in [3.8, 4) is 34.8 Å². The molecule has 7 heteroatoms. The van der Waals surface area contributed by atoms with Crippen molar-refractivity contribution in [2.45, 2.75) is 0 Å². The van der Waals surface area contributed by atoms with Crippen LogP contribution in [0.5, 0.6) is 17.4 Å². The number of aromatic hydroxyl groups is 1. The second-order valence-electron chi connectivity index (χ2n) is 5.40. The van der Waals surface area contributed by atoms with Gasteiger partial charge in [0.2, 0.25) is 5.88 Å². The van der Waals surface area contributed by atoms with Gasteiger partial charge in [-0.15, -0.1) is 11.3 Å². The van der Waals surface area contributed by atoms with Gasteiger partial charge in [-0.25, -0.2) is 9.37 Å². The number of phenols is 1. The first-order valence-electron chi connectivity index (χ1n) is 7.56. The molecular formula is C19H10FN3O2S. The first-order chi connectivity index (χ1) is 12.6. The minimum atomic E-state index is -0.647. The average molecular weight is 363 g/mol. The summed E-state index contributed by atoms with van der Waals surface area (Å²) in [6.07, 6.45) is 0. The molecule has 0 fully saturated rings. The molecule has 0 spiro atoms. The molecule has 0 saturated heterocycles. The molecule has 0 aliphatic heterocycles. The minimum absolute atomic E-state index is 0.0285. The zero-order valence-corrected chi connectivity index (χ0v) is 14.0. The number of halogens is 1. The maximum atomic E-state index is 14.2. The van der Waals surface area contributed by atoms with Crippen molar-refractivity contribution in [2.75, 3.05) is 0 Å².